The summed E-state index contributed by atoms with van der Waals surface area (Å²) >= 11 is 0. The highest BCUT2D eigenvalue weighted by atomic mass is 16.4. The first-order valence-corrected chi connectivity index (χ1v) is 9.57. The number of carboxylic acids is 1. The SMILES string of the molecule is NCCCCc1c(-c2cccc3cccnc23)[nH]c2ccc(CC(=O)O)cc12. The quantitative estimate of drug-likeness (QED) is 0.421. The lowest BCUT2D eigenvalue weighted by molar-refractivity contribution is -0.136. The molecule has 4 aromatic rings. The number of hydrogen-bond donors (Lipinski definition) is 3. The Balaban J connectivity index is 1.90. The van der Waals surface area contributed by atoms with Gasteiger partial charge in [-0.25, -0.2) is 0 Å². The van der Waals surface area contributed by atoms with E-state index in [1.165, 1.54) is 5.56 Å². The molecule has 0 bridgehead atoms. The monoisotopic (exact) mass is 373 g/mol. The second-order valence-corrected chi connectivity index (χ2v) is 7.06. The van der Waals surface area contributed by atoms with Gasteiger partial charge in [-0.3, -0.25) is 9.78 Å². The first-order chi connectivity index (χ1) is 13.7. The van der Waals surface area contributed by atoms with E-state index in [0.717, 1.165) is 57.9 Å². The van der Waals surface area contributed by atoms with Crippen molar-refractivity contribution in [2.45, 2.75) is 25.7 Å². The van der Waals surface area contributed by atoms with Gasteiger partial charge in [-0.2, -0.15) is 0 Å². The molecule has 0 amide bonds. The maximum atomic E-state index is 11.1. The summed E-state index contributed by atoms with van der Waals surface area (Å²) in [5.41, 5.74) is 11.8. The summed E-state index contributed by atoms with van der Waals surface area (Å²) in [6.07, 6.45) is 4.65. The van der Waals surface area contributed by atoms with Gasteiger partial charge in [0.2, 0.25) is 0 Å². The van der Waals surface area contributed by atoms with Gasteiger partial charge >= 0.3 is 5.97 Å². The van der Waals surface area contributed by atoms with Crippen LogP contribution in [0.2, 0.25) is 0 Å². The van der Waals surface area contributed by atoms with Crippen molar-refractivity contribution in [3.05, 3.63) is 65.9 Å². The van der Waals surface area contributed by atoms with Crippen LogP contribution in [0.3, 0.4) is 0 Å². The van der Waals surface area contributed by atoms with Crippen LogP contribution in [0, 0.1) is 0 Å². The fraction of sp³-hybridized carbons (Fsp3) is 0.217. The number of nitrogens with one attached hydrogen (secondary N) is 1. The Morgan fingerprint density at radius 2 is 1.96 bits per heavy atom. The zero-order valence-corrected chi connectivity index (χ0v) is 15.6. The third-order valence-electron chi connectivity index (χ3n) is 5.11. The predicted molar refractivity (Wildman–Crippen MR) is 112 cm³/mol. The number of unbranched alkanes of at least 4 members (excludes halogenated alkanes) is 1. The summed E-state index contributed by atoms with van der Waals surface area (Å²) in [5.74, 6) is -0.821. The van der Waals surface area contributed by atoms with Crippen LogP contribution in [0.1, 0.15) is 24.0 Å². The Labute approximate surface area is 163 Å². The molecule has 0 aliphatic heterocycles. The molecule has 28 heavy (non-hydrogen) atoms. The number of benzene rings is 2. The van der Waals surface area contributed by atoms with Crippen molar-refractivity contribution in [1.29, 1.82) is 0 Å². The number of pyridine rings is 1. The standard InChI is InChI=1S/C23H23N3O2/c24-11-2-1-7-17-19-13-15(14-21(27)28)9-10-20(19)26-23(17)18-8-3-5-16-6-4-12-25-22(16)18/h3-6,8-10,12-13,26H,1-2,7,11,14,24H2,(H,27,28). The lowest BCUT2D eigenvalue weighted by Gasteiger charge is -2.08. The number of aromatic amines is 1. The molecule has 0 aliphatic rings. The van der Waals surface area contributed by atoms with Crippen LogP contribution in [0.5, 0.6) is 0 Å². The topological polar surface area (TPSA) is 92.0 Å². The number of carboxylic acid groups (broad SMARTS) is 1. The fourth-order valence-electron chi connectivity index (χ4n) is 3.82. The van der Waals surface area contributed by atoms with Gasteiger partial charge in [0.25, 0.3) is 0 Å². The molecule has 2 aromatic heterocycles. The van der Waals surface area contributed by atoms with Crippen LogP contribution in [0.4, 0.5) is 0 Å². The van der Waals surface area contributed by atoms with Crippen LogP contribution < -0.4 is 5.73 Å². The third kappa shape index (κ3) is 3.49. The number of aryl methyl sites for hydroxylation is 1. The van der Waals surface area contributed by atoms with Crippen molar-refractivity contribution in [1.82, 2.24) is 9.97 Å². The lowest BCUT2D eigenvalue weighted by atomic mass is 9.97. The highest BCUT2D eigenvalue weighted by Crippen LogP contribution is 2.35. The number of para-hydroxylation sites is 1. The molecule has 0 saturated carbocycles. The molecule has 2 heterocycles. The zero-order valence-electron chi connectivity index (χ0n) is 15.6. The summed E-state index contributed by atoms with van der Waals surface area (Å²) in [6.45, 7) is 0.664. The Morgan fingerprint density at radius 3 is 2.79 bits per heavy atom. The van der Waals surface area contributed by atoms with Gasteiger partial charge in [0.05, 0.1) is 17.6 Å². The minimum Gasteiger partial charge on any atom is -0.481 e. The third-order valence-corrected chi connectivity index (χ3v) is 5.11. The predicted octanol–water partition coefficient (Wildman–Crippen LogP) is 4.29. The average molecular weight is 373 g/mol. The molecular weight excluding hydrogens is 350 g/mol. The minimum atomic E-state index is -0.821. The molecule has 4 N–H and O–H groups in total. The summed E-state index contributed by atoms with van der Waals surface area (Å²) < 4.78 is 0. The smallest absolute Gasteiger partial charge is 0.307 e. The van der Waals surface area contributed by atoms with E-state index in [9.17, 15) is 4.79 Å². The maximum Gasteiger partial charge on any atom is 0.307 e. The second-order valence-electron chi connectivity index (χ2n) is 7.06. The van der Waals surface area contributed by atoms with E-state index in [4.69, 9.17) is 10.8 Å². The van der Waals surface area contributed by atoms with Crippen molar-refractivity contribution < 1.29 is 9.90 Å². The minimum absolute atomic E-state index is 0.0223. The van der Waals surface area contributed by atoms with Crippen LogP contribution in [-0.4, -0.2) is 27.6 Å². The molecule has 0 fully saturated rings. The van der Waals surface area contributed by atoms with Crippen molar-refractivity contribution in [2.75, 3.05) is 6.54 Å². The van der Waals surface area contributed by atoms with Crippen molar-refractivity contribution >= 4 is 27.8 Å². The summed E-state index contributed by atoms with van der Waals surface area (Å²) in [7, 11) is 0. The number of nitrogens with two attached hydrogens (primary N) is 1. The molecule has 0 aliphatic carbocycles. The number of fused-ring (bicyclic) bond motifs is 2. The summed E-state index contributed by atoms with van der Waals surface area (Å²) in [6, 6.07) is 16.1. The first-order valence-electron chi connectivity index (χ1n) is 9.57. The van der Waals surface area contributed by atoms with Gasteiger partial charge in [-0.05, 0) is 55.1 Å². The normalized spacial score (nSPS) is 11.3. The average Bonchev–Trinajstić information content (AvgIpc) is 3.05. The molecule has 0 unspecified atom stereocenters. The number of carbonyl (C=O) groups is 1. The maximum absolute atomic E-state index is 11.1. The van der Waals surface area contributed by atoms with Gasteiger partial charge in [-0.1, -0.05) is 30.3 Å². The first kappa shape index (κ1) is 18.2. The molecule has 0 spiro atoms. The van der Waals surface area contributed by atoms with Crippen molar-refractivity contribution in [2.24, 2.45) is 5.73 Å². The highest BCUT2D eigenvalue weighted by molar-refractivity contribution is 5.99. The van der Waals surface area contributed by atoms with Crippen molar-refractivity contribution in [3.63, 3.8) is 0 Å². The molecule has 0 saturated heterocycles. The number of aliphatic carboxylic acids is 1. The molecule has 5 heteroatoms. The Morgan fingerprint density at radius 1 is 1.11 bits per heavy atom. The van der Waals surface area contributed by atoms with E-state index in [2.05, 4.69) is 28.2 Å². The van der Waals surface area contributed by atoms with E-state index < -0.39 is 5.97 Å². The molecule has 0 atom stereocenters. The second kappa shape index (κ2) is 7.82. The molecule has 4 rings (SSSR count). The van der Waals surface area contributed by atoms with Gasteiger partial charge < -0.3 is 15.8 Å². The van der Waals surface area contributed by atoms with Gasteiger partial charge in [0.15, 0.2) is 0 Å². The molecule has 2 aromatic carbocycles. The number of hydrogen-bond acceptors (Lipinski definition) is 3. The Hall–Kier alpha value is -3.18. The van der Waals surface area contributed by atoms with Crippen LogP contribution >= 0.6 is 0 Å². The van der Waals surface area contributed by atoms with Crippen LogP contribution in [-0.2, 0) is 17.6 Å². The van der Waals surface area contributed by atoms with E-state index in [-0.39, 0.29) is 6.42 Å². The Kier molecular flexibility index (Phi) is 5.08. The van der Waals surface area contributed by atoms with E-state index in [1.807, 2.05) is 36.5 Å². The summed E-state index contributed by atoms with van der Waals surface area (Å²) in [4.78, 5) is 19.3. The molecular formula is C23H23N3O2. The summed E-state index contributed by atoms with van der Waals surface area (Å²) in [5, 5.41) is 11.3. The fourth-order valence-corrected chi connectivity index (χ4v) is 3.82. The number of rotatable bonds is 7. The number of nitrogens with zero attached hydrogens (tertiary/aromatic N) is 1. The molecule has 0 radical (unpaired) electrons. The Bertz CT molecular complexity index is 1140. The molecule has 142 valence electrons. The number of H-pyrrole nitrogens is 1. The van der Waals surface area contributed by atoms with Crippen LogP contribution in [0.25, 0.3) is 33.1 Å². The van der Waals surface area contributed by atoms with Gasteiger partial charge in [0.1, 0.15) is 0 Å². The van der Waals surface area contributed by atoms with Gasteiger partial charge in [-0.15, -0.1) is 0 Å². The van der Waals surface area contributed by atoms with Crippen molar-refractivity contribution in [3.8, 4) is 11.3 Å². The van der Waals surface area contributed by atoms with Crippen LogP contribution in [0.15, 0.2) is 54.7 Å². The largest absolute Gasteiger partial charge is 0.481 e. The van der Waals surface area contributed by atoms with E-state index >= 15 is 0 Å². The molecule has 5 nitrogen and oxygen atoms in total. The van der Waals surface area contributed by atoms with E-state index in [1.54, 1.807) is 0 Å². The lowest BCUT2D eigenvalue weighted by Crippen LogP contribution is -2.00. The number of aromatic nitrogens is 2. The zero-order chi connectivity index (χ0) is 19.5. The van der Waals surface area contributed by atoms with E-state index in [0.29, 0.717) is 6.54 Å². The van der Waals surface area contributed by atoms with Gasteiger partial charge in [0, 0.05) is 28.0 Å². The highest BCUT2D eigenvalue weighted by Gasteiger charge is 2.16.